The molecule has 2 N–H and O–H groups in total. The number of furan rings is 1. The van der Waals surface area contributed by atoms with Crippen LogP contribution in [-0.2, 0) is 13.2 Å². The average molecular weight is 259 g/mol. The highest BCUT2D eigenvalue weighted by Gasteiger charge is 2.10. The van der Waals surface area contributed by atoms with Crippen molar-refractivity contribution in [2.24, 2.45) is 5.73 Å². The second-order valence-electron chi connectivity index (χ2n) is 5.06. The fourth-order valence-electron chi connectivity index (χ4n) is 2.06. The number of aryl methyl sites for hydroxylation is 1. The highest BCUT2D eigenvalue weighted by Crippen LogP contribution is 2.28. The maximum Gasteiger partial charge on any atom is 0.146 e. The Kier molecular flexibility index (Phi) is 4.27. The molecule has 3 heteroatoms. The number of rotatable bonds is 5. The van der Waals surface area contributed by atoms with Gasteiger partial charge >= 0.3 is 0 Å². The number of ether oxygens (including phenoxy) is 1. The lowest BCUT2D eigenvalue weighted by Crippen LogP contribution is -2.04. The Morgan fingerprint density at radius 2 is 2.05 bits per heavy atom. The van der Waals surface area contributed by atoms with Gasteiger partial charge in [0.05, 0.1) is 6.26 Å². The summed E-state index contributed by atoms with van der Waals surface area (Å²) in [4.78, 5) is 0. The van der Waals surface area contributed by atoms with E-state index < -0.39 is 0 Å². The first-order chi connectivity index (χ1) is 9.11. The van der Waals surface area contributed by atoms with Gasteiger partial charge in [0.15, 0.2) is 0 Å². The highest BCUT2D eigenvalue weighted by atomic mass is 16.5. The Hall–Kier alpha value is -1.74. The van der Waals surface area contributed by atoms with Gasteiger partial charge in [-0.3, -0.25) is 0 Å². The molecule has 1 heterocycles. The summed E-state index contributed by atoms with van der Waals surface area (Å²) >= 11 is 0. The first-order valence-corrected chi connectivity index (χ1v) is 6.60. The summed E-state index contributed by atoms with van der Waals surface area (Å²) in [7, 11) is 0. The Labute approximate surface area is 114 Å². The molecular weight excluding hydrogens is 238 g/mol. The molecule has 0 unspecified atom stereocenters. The van der Waals surface area contributed by atoms with Crippen LogP contribution < -0.4 is 10.5 Å². The fourth-order valence-corrected chi connectivity index (χ4v) is 2.06. The average Bonchev–Trinajstić information content (AvgIpc) is 2.83. The molecule has 0 aliphatic carbocycles. The van der Waals surface area contributed by atoms with E-state index in [1.165, 1.54) is 11.1 Å². The first-order valence-electron chi connectivity index (χ1n) is 6.60. The topological polar surface area (TPSA) is 48.4 Å². The van der Waals surface area contributed by atoms with Crippen LogP contribution in [-0.4, -0.2) is 0 Å². The third kappa shape index (κ3) is 3.18. The zero-order chi connectivity index (χ0) is 13.8. The summed E-state index contributed by atoms with van der Waals surface area (Å²) in [6.45, 7) is 7.28. The van der Waals surface area contributed by atoms with Gasteiger partial charge in [-0.15, -0.1) is 0 Å². The normalized spacial score (nSPS) is 11.0. The van der Waals surface area contributed by atoms with Crippen LogP contribution in [0.3, 0.4) is 0 Å². The zero-order valence-corrected chi connectivity index (χ0v) is 11.8. The van der Waals surface area contributed by atoms with Crippen LogP contribution in [0.25, 0.3) is 0 Å². The molecule has 0 spiro atoms. The summed E-state index contributed by atoms with van der Waals surface area (Å²) in [6, 6.07) is 8.19. The molecular formula is C16H21NO2. The second-order valence-corrected chi connectivity index (χ2v) is 5.06. The molecule has 19 heavy (non-hydrogen) atoms. The summed E-state index contributed by atoms with van der Waals surface area (Å²) in [5.41, 5.74) is 9.06. The smallest absolute Gasteiger partial charge is 0.146 e. The Morgan fingerprint density at radius 1 is 1.26 bits per heavy atom. The van der Waals surface area contributed by atoms with Gasteiger partial charge in [0, 0.05) is 12.1 Å². The van der Waals surface area contributed by atoms with E-state index in [1.54, 1.807) is 6.26 Å². The van der Waals surface area contributed by atoms with Crippen LogP contribution in [0.4, 0.5) is 0 Å². The molecule has 2 aromatic rings. The van der Waals surface area contributed by atoms with Crippen LogP contribution in [0.5, 0.6) is 5.75 Å². The second kappa shape index (κ2) is 5.93. The monoisotopic (exact) mass is 259 g/mol. The highest BCUT2D eigenvalue weighted by molar-refractivity contribution is 5.39. The standard InChI is InChI=1S/C16H21NO2/c1-11(2)14-5-4-12(3)8-15(14)19-10-16-13(9-17)6-7-18-16/h4-8,11H,9-10,17H2,1-3H3. The van der Waals surface area contributed by atoms with Gasteiger partial charge in [0.1, 0.15) is 18.1 Å². The van der Waals surface area contributed by atoms with Gasteiger partial charge in [-0.05, 0) is 36.1 Å². The van der Waals surface area contributed by atoms with Crippen LogP contribution >= 0.6 is 0 Å². The lowest BCUT2D eigenvalue weighted by atomic mass is 10.0. The van der Waals surface area contributed by atoms with Crippen molar-refractivity contribution in [1.82, 2.24) is 0 Å². The summed E-state index contributed by atoms with van der Waals surface area (Å²) in [5, 5.41) is 0. The predicted molar refractivity (Wildman–Crippen MR) is 76.2 cm³/mol. The van der Waals surface area contributed by atoms with Gasteiger partial charge in [0.25, 0.3) is 0 Å². The SMILES string of the molecule is Cc1ccc(C(C)C)c(OCc2occc2CN)c1. The van der Waals surface area contributed by atoms with E-state index >= 15 is 0 Å². The van der Waals surface area contributed by atoms with Crippen molar-refractivity contribution in [2.75, 3.05) is 0 Å². The minimum atomic E-state index is 0.419. The number of benzene rings is 1. The van der Waals surface area contributed by atoms with Gasteiger partial charge in [-0.1, -0.05) is 26.0 Å². The zero-order valence-electron chi connectivity index (χ0n) is 11.8. The van der Waals surface area contributed by atoms with Crippen molar-refractivity contribution >= 4 is 0 Å². The largest absolute Gasteiger partial charge is 0.485 e. The molecule has 1 aromatic heterocycles. The Bertz CT molecular complexity index is 543. The molecule has 0 saturated heterocycles. The van der Waals surface area contributed by atoms with Crippen LogP contribution in [0.1, 0.15) is 42.2 Å². The first kappa shape index (κ1) is 13.7. The molecule has 0 aliphatic heterocycles. The predicted octanol–water partition coefficient (Wildman–Crippen LogP) is 3.75. The van der Waals surface area contributed by atoms with E-state index in [0.29, 0.717) is 19.1 Å². The molecule has 0 amide bonds. The van der Waals surface area contributed by atoms with Crippen LogP contribution in [0, 0.1) is 6.92 Å². The van der Waals surface area contributed by atoms with Gasteiger partial charge < -0.3 is 14.9 Å². The lowest BCUT2D eigenvalue weighted by molar-refractivity contribution is 0.265. The molecule has 3 nitrogen and oxygen atoms in total. The molecule has 102 valence electrons. The third-order valence-corrected chi connectivity index (χ3v) is 3.21. The molecule has 0 aliphatic rings. The number of nitrogens with two attached hydrogens (primary N) is 1. The quantitative estimate of drug-likeness (QED) is 0.889. The van der Waals surface area contributed by atoms with E-state index in [2.05, 4.69) is 39.0 Å². The van der Waals surface area contributed by atoms with Crippen LogP contribution in [0.15, 0.2) is 34.9 Å². The number of hydrogen-bond donors (Lipinski definition) is 1. The minimum absolute atomic E-state index is 0.419. The molecule has 0 bridgehead atoms. The molecule has 0 atom stereocenters. The summed E-state index contributed by atoms with van der Waals surface area (Å²) in [5.74, 6) is 2.16. The minimum Gasteiger partial charge on any atom is -0.485 e. The fraction of sp³-hybridized carbons (Fsp3) is 0.375. The van der Waals surface area contributed by atoms with E-state index in [4.69, 9.17) is 14.9 Å². The maximum atomic E-state index is 5.92. The summed E-state index contributed by atoms with van der Waals surface area (Å²) < 4.78 is 11.3. The van der Waals surface area contributed by atoms with E-state index in [0.717, 1.165) is 17.1 Å². The van der Waals surface area contributed by atoms with Crippen molar-refractivity contribution in [1.29, 1.82) is 0 Å². The third-order valence-electron chi connectivity index (χ3n) is 3.21. The van der Waals surface area contributed by atoms with Gasteiger partial charge in [-0.2, -0.15) is 0 Å². The van der Waals surface area contributed by atoms with E-state index in [-0.39, 0.29) is 0 Å². The molecule has 2 rings (SSSR count). The van der Waals surface area contributed by atoms with Gasteiger partial charge in [0.2, 0.25) is 0 Å². The van der Waals surface area contributed by atoms with Crippen LogP contribution in [0.2, 0.25) is 0 Å². The number of hydrogen-bond acceptors (Lipinski definition) is 3. The van der Waals surface area contributed by atoms with Crippen molar-refractivity contribution in [3.63, 3.8) is 0 Å². The van der Waals surface area contributed by atoms with Crippen molar-refractivity contribution in [2.45, 2.75) is 39.8 Å². The lowest BCUT2D eigenvalue weighted by Gasteiger charge is -2.14. The summed E-state index contributed by atoms with van der Waals surface area (Å²) in [6.07, 6.45) is 1.65. The Balaban J connectivity index is 2.17. The van der Waals surface area contributed by atoms with Crippen molar-refractivity contribution < 1.29 is 9.15 Å². The van der Waals surface area contributed by atoms with E-state index in [1.807, 2.05) is 6.07 Å². The Morgan fingerprint density at radius 3 is 2.74 bits per heavy atom. The molecule has 0 saturated carbocycles. The van der Waals surface area contributed by atoms with Crippen molar-refractivity contribution in [3.8, 4) is 5.75 Å². The molecule has 1 aromatic carbocycles. The van der Waals surface area contributed by atoms with E-state index in [9.17, 15) is 0 Å². The molecule has 0 fully saturated rings. The van der Waals surface area contributed by atoms with Crippen molar-refractivity contribution in [3.05, 3.63) is 53.0 Å². The van der Waals surface area contributed by atoms with Gasteiger partial charge in [-0.25, -0.2) is 0 Å². The maximum absolute atomic E-state index is 5.92. The molecule has 0 radical (unpaired) electrons.